The van der Waals surface area contributed by atoms with Crippen LogP contribution in [0.2, 0.25) is 0 Å². The largest absolute Gasteiger partial charge is 0.493 e. The van der Waals surface area contributed by atoms with Gasteiger partial charge in [-0.05, 0) is 44.5 Å². The van der Waals surface area contributed by atoms with Crippen LogP contribution in [-0.2, 0) is 4.79 Å². The number of hydrogen-bond donors (Lipinski definition) is 1. The Balaban J connectivity index is 2.10. The lowest BCUT2D eigenvalue weighted by atomic mass is 10.1. The molecule has 2 aromatic rings. The quantitative estimate of drug-likeness (QED) is 0.912. The van der Waals surface area contributed by atoms with Crippen molar-refractivity contribution in [2.75, 3.05) is 12.4 Å². The highest BCUT2D eigenvalue weighted by Crippen LogP contribution is 2.29. The second-order valence-corrected chi connectivity index (χ2v) is 5.55. The Morgan fingerprint density at radius 2 is 1.92 bits per heavy atom. The van der Waals surface area contributed by atoms with Crippen molar-refractivity contribution in [3.8, 4) is 17.6 Å². The molecule has 0 fully saturated rings. The molecule has 2 aromatic carbocycles. The van der Waals surface area contributed by atoms with Crippen LogP contribution in [-0.4, -0.2) is 19.1 Å². The number of hydrogen-bond acceptors (Lipinski definition) is 4. The fourth-order valence-electron chi connectivity index (χ4n) is 2.27. The third-order valence-electron chi connectivity index (χ3n) is 3.61. The molecular formula is C19H20N2O3. The number of amides is 1. The lowest BCUT2D eigenvalue weighted by molar-refractivity contribution is -0.122. The minimum absolute atomic E-state index is 0.256. The first-order chi connectivity index (χ1) is 11.4. The van der Waals surface area contributed by atoms with Crippen molar-refractivity contribution < 1.29 is 14.3 Å². The van der Waals surface area contributed by atoms with Crippen LogP contribution in [0.1, 0.15) is 23.6 Å². The highest BCUT2D eigenvalue weighted by atomic mass is 16.5. The van der Waals surface area contributed by atoms with Gasteiger partial charge in [0.05, 0.1) is 18.7 Å². The molecule has 5 nitrogen and oxygen atoms in total. The molecule has 5 heteroatoms. The summed E-state index contributed by atoms with van der Waals surface area (Å²) in [6.45, 7) is 5.61. The lowest BCUT2D eigenvalue weighted by Gasteiger charge is -2.17. The third-order valence-corrected chi connectivity index (χ3v) is 3.61. The Bertz CT molecular complexity index is 794. The summed E-state index contributed by atoms with van der Waals surface area (Å²) in [4.78, 5) is 12.3. The van der Waals surface area contributed by atoms with E-state index in [9.17, 15) is 4.79 Å². The number of benzene rings is 2. The zero-order valence-corrected chi connectivity index (χ0v) is 14.2. The number of methoxy groups -OCH3 is 1. The van der Waals surface area contributed by atoms with Gasteiger partial charge in [-0.15, -0.1) is 0 Å². The van der Waals surface area contributed by atoms with Gasteiger partial charge in [0.15, 0.2) is 17.6 Å². The van der Waals surface area contributed by atoms with E-state index in [1.807, 2.05) is 38.1 Å². The molecule has 0 radical (unpaired) electrons. The third kappa shape index (κ3) is 4.05. The number of rotatable bonds is 5. The smallest absolute Gasteiger partial charge is 0.265 e. The number of anilines is 1. The Labute approximate surface area is 141 Å². The summed E-state index contributed by atoms with van der Waals surface area (Å²) in [7, 11) is 1.49. The zero-order valence-electron chi connectivity index (χ0n) is 14.2. The number of nitrogens with one attached hydrogen (secondary N) is 1. The number of ether oxygens (including phenoxy) is 2. The molecule has 0 bridgehead atoms. The van der Waals surface area contributed by atoms with Gasteiger partial charge in [-0.2, -0.15) is 5.26 Å². The molecule has 0 aliphatic carbocycles. The average Bonchev–Trinajstić information content (AvgIpc) is 2.57. The normalized spacial score (nSPS) is 11.3. The molecule has 0 saturated heterocycles. The maximum atomic E-state index is 12.3. The van der Waals surface area contributed by atoms with Gasteiger partial charge in [-0.25, -0.2) is 0 Å². The maximum Gasteiger partial charge on any atom is 0.265 e. The molecule has 0 aliphatic heterocycles. The number of carbonyl (C=O) groups excluding carboxylic acids is 1. The van der Waals surface area contributed by atoms with Crippen molar-refractivity contribution in [3.05, 3.63) is 53.1 Å². The molecule has 0 heterocycles. The molecule has 24 heavy (non-hydrogen) atoms. The second-order valence-electron chi connectivity index (χ2n) is 5.55. The van der Waals surface area contributed by atoms with Gasteiger partial charge in [0.1, 0.15) is 0 Å². The average molecular weight is 324 g/mol. The summed E-state index contributed by atoms with van der Waals surface area (Å²) in [5, 5.41) is 11.8. The van der Waals surface area contributed by atoms with Crippen LogP contribution in [0, 0.1) is 25.2 Å². The molecular weight excluding hydrogens is 304 g/mol. The molecule has 1 amide bonds. The van der Waals surface area contributed by atoms with E-state index >= 15 is 0 Å². The van der Waals surface area contributed by atoms with Crippen molar-refractivity contribution in [3.63, 3.8) is 0 Å². The van der Waals surface area contributed by atoms with Crippen molar-refractivity contribution in [1.29, 1.82) is 5.26 Å². The molecule has 0 spiro atoms. The van der Waals surface area contributed by atoms with E-state index in [1.54, 1.807) is 25.1 Å². The first-order valence-electron chi connectivity index (χ1n) is 7.57. The molecule has 0 aromatic heterocycles. The second kappa shape index (κ2) is 7.51. The Hall–Kier alpha value is -3.00. The van der Waals surface area contributed by atoms with Crippen LogP contribution < -0.4 is 14.8 Å². The van der Waals surface area contributed by atoms with Gasteiger partial charge in [0.25, 0.3) is 5.91 Å². The van der Waals surface area contributed by atoms with Crippen LogP contribution in [0.15, 0.2) is 36.4 Å². The van der Waals surface area contributed by atoms with Crippen molar-refractivity contribution in [2.45, 2.75) is 26.9 Å². The predicted molar refractivity (Wildman–Crippen MR) is 92.3 cm³/mol. The highest BCUT2D eigenvalue weighted by molar-refractivity contribution is 5.94. The Morgan fingerprint density at radius 1 is 1.17 bits per heavy atom. The van der Waals surface area contributed by atoms with E-state index in [0.717, 1.165) is 16.8 Å². The van der Waals surface area contributed by atoms with Crippen LogP contribution in [0.3, 0.4) is 0 Å². The summed E-state index contributed by atoms with van der Waals surface area (Å²) >= 11 is 0. The van der Waals surface area contributed by atoms with Crippen molar-refractivity contribution in [1.82, 2.24) is 0 Å². The van der Waals surface area contributed by atoms with E-state index in [-0.39, 0.29) is 5.91 Å². The molecule has 124 valence electrons. The Morgan fingerprint density at radius 3 is 2.54 bits per heavy atom. The number of nitrogens with zero attached hydrogens (tertiary/aromatic N) is 1. The predicted octanol–water partition coefficient (Wildman–Crippen LogP) is 3.59. The van der Waals surface area contributed by atoms with E-state index < -0.39 is 6.10 Å². The van der Waals surface area contributed by atoms with E-state index in [2.05, 4.69) is 5.32 Å². The fourth-order valence-corrected chi connectivity index (χ4v) is 2.27. The Kier molecular flexibility index (Phi) is 5.43. The topological polar surface area (TPSA) is 71.3 Å². The minimum atomic E-state index is -0.715. The summed E-state index contributed by atoms with van der Waals surface area (Å²) in [6, 6.07) is 12.7. The fraction of sp³-hybridized carbons (Fsp3) is 0.263. The first-order valence-corrected chi connectivity index (χ1v) is 7.57. The lowest BCUT2D eigenvalue weighted by Crippen LogP contribution is -2.30. The van der Waals surface area contributed by atoms with Gasteiger partial charge in [-0.1, -0.05) is 17.7 Å². The summed E-state index contributed by atoms with van der Waals surface area (Å²) in [5.41, 5.74) is 3.35. The number of aryl methyl sites for hydroxylation is 2. The molecule has 0 unspecified atom stereocenters. The van der Waals surface area contributed by atoms with Gasteiger partial charge in [-0.3, -0.25) is 4.79 Å². The van der Waals surface area contributed by atoms with Gasteiger partial charge in [0, 0.05) is 11.8 Å². The first kappa shape index (κ1) is 17.4. The molecule has 0 aliphatic rings. The highest BCUT2D eigenvalue weighted by Gasteiger charge is 2.18. The maximum absolute atomic E-state index is 12.3. The minimum Gasteiger partial charge on any atom is -0.493 e. The summed E-state index contributed by atoms with van der Waals surface area (Å²) in [6.07, 6.45) is -0.715. The molecule has 0 saturated carbocycles. The van der Waals surface area contributed by atoms with Gasteiger partial charge >= 0.3 is 0 Å². The molecule has 1 atom stereocenters. The van der Waals surface area contributed by atoms with Crippen LogP contribution in [0.25, 0.3) is 0 Å². The van der Waals surface area contributed by atoms with E-state index in [4.69, 9.17) is 14.7 Å². The monoisotopic (exact) mass is 324 g/mol. The van der Waals surface area contributed by atoms with Crippen LogP contribution >= 0.6 is 0 Å². The molecule has 2 rings (SSSR count). The van der Waals surface area contributed by atoms with Crippen LogP contribution in [0.4, 0.5) is 5.69 Å². The van der Waals surface area contributed by atoms with Crippen LogP contribution in [0.5, 0.6) is 11.5 Å². The summed E-state index contributed by atoms with van der Waals surface area (Å²) in [5.74, 6) is 0.577. The van der Waals surface area contributed by atoms with Crippen molar-refractivity contribution >= 4 is 11.6 Å². The number of nitriles is 1. The standard InChI is InChI=1S/C19H20N2O3/c1-12-5-7-16(13(2)9-12)21-19(22)14(3)24-17-8-6-15(11-20)10-18(17)23-4/h5-10,14H,1-4H3,(H,21,22)/t14-/m0/s1. The number of carbonyl (C=O) groups is 1. The van der Waals surface area contributed by atoms with Gasteiger partial charge < -0.3 is 14.8 Å². The zero-order chi connectivity index (χ0) is 17.7. The SMILES string of the molecule is COc1cc(C#N)ccc1O[C@@H](C)C(=O)Nc1ccc(C)cc1C. The van der Waals surface area contributed by atoms with Gasteiger partial charge in [0.2, 0.25) is 0 Å². The molecule has 1 N–H and O–H groups in total. The van der Waals surface area contributed by atoms with E-state index in [1.165, 1.54) is 7.11 Å². The van der Waals surface area contributed by atoms with E-state index in [0.29, 0.717) is 17.1 Å². The summed E-state index contributed by atoms with van der Waals surface area (Å²) < 4.78 is 10.9. The van der Waals surface area contributed by atoms with Crippen molar-refractivity contribution in [2.24, 2.45) is 0 Å².